The van der Waals surface area contributed by atoms with Gasteiger partial charge in [-0.25, -0.2) is 8.78 Å². The highest BCUT2D eigenvalue weighted by molar-refractivity contribution is 7.99. The molecular formula is C21H21F2N5O2S. The van der Waals surface area contributed by atoms with Gasteiger partial charge < -0.3 is 15.2 Å². The van der Waals surface area contributed by atoms with Crippen molar-refractivity contribution in [3.63, 3.8) is 0 Å². The zero-order valence-corrected chi connectivity index (χ0v) is 17.8. The van der Waals surface area contributed by atoms with E-state index in [-0.39, 0.29) is 23.8 Å². The summed E-state index contributed by atoms with van der Waals surface area (Å²) in [5.74, 6) is -1.91. The number of thioether (sulfide) groups is 1. The highest BCUT2D eigenvalue weighted by Crippen LogP contribution is 2.18. The number of aryl methyl sites for hydroxylation is 2. The topological polar surface area (TPSA) is 88.9 Å². The van der Waals surface area contributed by atoms with E-state index in [1.165, 1.54) is 6.07 Å². The third kappa shape index (κ3) is 6.35. The second-order valence-corrected chi connectivity index (χ2v) is 7.78. The normalized spacial score (nSPS) is 10.7. The Labute approximate surface area is 182 Å². The molecule has 0 fully saturated rings. The van der Waals surface area contributed by atoms with E-state index in [1.54, 1.807) is 11.6 Å². The number of benzene rings is 2. The van der Waals surface area contributed by atoms with Crippen molar-refractivity contribution in [1.29, 1.82) is 0 Å². The molecule has 0 aliphatic rings. The summed E-state index contributed by atoms with van der Waals surface area (Å²) in [5, 5.41) is 14.0. The lowest BCUT2D eigenvalue weighted by Gasteiger charge is -2.07. The largest absolute Gasteiger partial charge is 0.326 e. The van der Waals surface area contributed by atoms with Gasteiger partial charge in [0, 0.05) is 37.3 Å². The molecular weight excluding hydrogens is 424 g/mol. The fraction of sp³-hybridized carbons (Fsp3) is 0.238. The summed E-state index contributed by atoms with van der Waals surface area (Å²) >= 11 is 1.15. The van der Waals surface area contributed by atoms with Crippen LogP contribution in [0.2, 0.25) is 0 Å². The van der Waals surface area contributed by atoms with Crippen LogP contribution in [0.25, 0.3) is 0 Å². The molecule has 0 unspecified atom stereocenters. The zero-order valence-electron chi connectivity index (χ0n) is 17.0. The molecule has 7 nitrogen and oxygen atoms in total. The molecule has 2 N–H and O–H groups in total. The van der Waals surface area contributed by atoms with Crippen molar-refractivity contribution >= 4 is 35.0 Å². The number of hydrogen-bond donors (Lipinski definition) is 2. The lowest BCUT2D eigenvalue weighted by molar-refractivity contribution is -0.116. The quantitative estimate of drug-likeness (QED) is 0.516. The van der Waals surface area contributed by atoms with Crippen molar-refractivity contribution in [3.8, 4) is 0 Å². The van der Waals surface area contributed by atoms with Crippen LogP contribution >= 0.6 is 11.8 Å². The predicted molar refractivity (Wildman–Crippen MR) is 115 cm³/mol. The molecule has 3 aromatic rings. The Morgan fingerprint density at radius 2 is 1.74 bits per heavy atom. The van der Waals surface area contributed by atoms with E-state index < -0.39 is 17.5 Å². The van der Waals surface area contributed by atoms with Gasteiger partial charge in [-0.3, -0.25) is 9.59 Å². The summed E-state index contributed by atoms with van der Waals surface area (Å²) < 4.78 is 27.9. The summed E-state index contributed by atoms with van der Waals surface area (Å²) in [7, 11) is 1.75. The van der Waals surface area contributed by atoms with Crippen LogP contribution in [0.15, 0.2) is 47.6 Å². The Hall–Kier alpha value is -3.27. The number of nitrogens with zero attached hydrogens (tertiary/aromatic N) is 3. The molecule has 0 spiro atoms. The summed E-state index contributed by atoms with van der Waals surface area (Å²) in [6.07, 6.45) is 0.629. The van der Waals surface area contributed by atoms with Crippen LogP contribution in [0.5, 0.6) is 0 Å². The number of carbonyl (C=O) groups excluding carboxylic acids is 2. The number of halogens is 2. The zero-order chi connectivity index (χ0) is 22.4. The molecule has 1 heterocycles. The predicted octanol–water partition coefficient (Wildman–Crippen LogP) is 3.70. The molecule has 31 heavy (non-hydrogen) atoms. The van der Waals surface area contributed by atoms with Gasteiger partial charge >= 0.3 is 0 Å². The average Bonchev–Trinajstić information content (AvgIpc) is 3.07. The molecule has 0 saturated heterocycles. The maximum absolute atomic E-state index is 13.2. The minimum Gasteiger partial charge on any atom is -0.326 e. The maximum atomic E-state index is 13.2. The first-order chi connectivity index (χ1) is 14.8. The van der Waals surface area contributed by atoms with Crippen molar-refractivity contribution < 1.29 is 18.4 Å². The number of aromatic nitrogens is 3. The van der Waals surface area contributed by atoms with Gasteiger partial charge in [0.15, 0.2) is 16.8 Å². The van der Waals surface area contributed by atoms with E-state index in [9.17, 15) is 18.4 Å². The van der Waals surface area contributed by atoms with Crippen LogP contribution in [-0.2, 0) is 23.1 Å². The van der Waals surface area contributed by atoms with Crippen molar-refractivity contribution in [2.24, 2.45) is 7.05 Å². The number of nitrogens with one attached hydrogen (secondary N) is 2. The van der Waals surface area contributed by atoms with Crippen LogP contribution in [0.3, 0.4) is 0 Å². The fourth-order valence-electron chi connectivity index (χ4n) is 2.76. The van der Waals surface area contributed by atoms with Crippen LogP contribution in [0.4, 0.5) is 20.2 Å². The van der Waals surface area contributed by atoms with Crippen LogP contribution in [0, 0.1) is 18.6 Å². The van der Waals surface area contributed by atoms with Crippen LogP contribution in [0.1, 0.15) is 17.8 Å². The van der Waals surface area contributed by atoms with E-state index in [1.807, 2.05) is 31.2 Å². The standard InChI is InChI=1S/C21H21F2N5O2S/c1-13-4-3-5-14(10-13)24-19(29)9-8-18-26-27-21(28(18)2)31-12-20(30)25-15-6-7-16(22)17(23)11-15/h3-7,10-11H,8-9,12H2,1-2H3,(H,24,29)(H,25,30). The lowest BCUT2D eigenvalue weighted by Crippen LogP contribution is -2.15. The molecule has 2 amide bonds. The lowest BCUT2D eigenvalue weighted by atomic mass is 10.2. The van der Waals surface area contributed by atoms with Gasteiger partial charge in [0.2, 0.25) is 11.8 Å². The van der Waals surface area contributed by atoms with Gasteiger partial charge in [0.05, 0.1) is 5.75 Å². The fourth-order valence-corrected chi connectivity index (χ4v) is 3.49. The molecule has 0 saturated carbocycles. The molecule has 0 aliphatic heterocycles. The van der Waals surface area contributed by atoms with E-state index in [2.05, 4.69) is 20.8 Å². The number of carbonyl (C=O) groups is 2. The molecule has 0 aliphatic carbocycles. The van der Waals surface area contributed by atoms with Crippen molar-refractivity contribution in [2.45, 2.75) is 24.9 Å². The molecule has 162 valence electrons. The van der Waals surface area contributed by atoms with Gasteiger partial charge in [-0.1, -0.05) is 23.9 Å². The summed E-state index contributed by atoms with van der Waals surface area (Å²) in [6.45, 7) is 1.95. The molecule has 0 atom stereocenters. The van der Waals surface area contributed by atoms with Crippen LogP contribution < -0.4 is 10.6 Å². The molecule has 2 aromatic carbocycles. The summed E-state index contributed by atoms with van der Waals surface area (Å²) in [4.78, 5) is 24.2. The van der Waals surface area contributed by atoms with E-state index in [0.29, 0.717) is 17.4 Å². The van der Waals surface area contributed by atoms with E-state index in [4.69, 9.17) is 0 Å². The summed E-state index contributed by atoms with van der Waals surface area (Å²) in [6, 6.07) is 10.7. The van der Waals surface area contributed by atoms with E-state index >= 15 is 0 Å². The first kappa shape index (κ1) is 22.4. The maximum Gasteiger partial charge on any atom is 0.234 e. The second-order valence-electron chi connectivity index (χ2n) is 6.84. The monoisotopic (exact) mass is 445 g/mol. The third-order valence-corrected chi connectivity index (χ3v) is 5.36. The molecule has 3 rings (SSSR count). The Morgan fingerprint density at radius 3 is 2.48 bits per heavy atom. The number of hydrogen-bond acceptors (Lipinski definition) is 5. The van der Waals surface area contributed by atoms with Gasteiger partial charge in [-0.15, -0.1) is 10.2 Å². The first-order valence-electron chi connectivity index (χ1n) is 9.44. The smallest absolute Gasteiger partial charge is 0.234 e. The Morgan fingerprint density at radius 1 is 1.00 bits per heavy atom. The number of rotatable bonds is 8. The molecule has 0 radical (unpaired) electrons. The summed E-state index contributed by atoms with van der Waals surface area (Å²) in [5.41, 5.74) is 1.97. The minimum atomic E-state index is -1.03. The van der Waals surface area contributed by atoms with E-state index in [0.717, 1.165) is 35.1 Å². The number of anilines is 2. The Kier molecular flexibility index (Phi) is 7.35. The minimum absolute atomic E-state index is 0.0127. The third-order valence-electron chi connectivity index (χ3n) is 4.34. The average molecular weight is 445 g/mol. The van der Waals surface area contributed by atoms with Crippen molar-refractivity contribution in [3.05, 3.63) is 65.5 Å². The highest BCUT2D eigenvalue weighted by atomic mass is 32.2. The van der Waals surface area contributed by atoms with Crippen molar-refractivity contribution in [2.75, 3.05) is 16.4 Å². The molecule has 1 aromatic heterocycles. The van der Waals surface area contributed by atoms with Crippen LogP contribution in [-0.4, -0.2) is 32.3 Å². The van der Waals surface area contributed by atoms with Gasteiger partial charge in [0.1, 0.15) is 5.82 Å². The van der Waals surface area contributed by atoms with Crippen molar-refractivity contribution in [1.82, 2.24) is 14.8 Å². The van der Waals surface area contributed by atoms with Gasteiger partial charge in [-0.2, -0.15) is 0 Å². The highest BCUT2D eigenvalue weighted by Gasteiger charge is 2.14. The Bertz CT molecular complexity index is 1100. The number of amides is 2. The van der Waals surface area contributed by atoms with Gasteiger partial charge in [0.25, 0.3) is 0 Å². The first-order valence-corrected chi connectivity index (χ1v) is 10.4. The van der Waals surface area contributed by atoms with Gasteiger partial charge in [-0.05, 0) is 36.8 Å². The molecule has 0 bridgehead atoms. The second kappa shape index (κ2) is 10.2. The Balaban J connectivity index is 1.48. The molecule has 10 heteroatoms. The SMILES string of the molecule is Cc1cccc(NC(=O)CCc2nnc(SCC(=O)Nc3ccc(F)c(F)c3)n2C)c1.